The predicted molar refractivity (Wildman–Crippen MR) is 67.9 cm³/mol. The summed E-state index contributed by atoms with van der Waals surface area (Å²) in [6.45, 7) is 5.70. The molecule has 96 valence electrons. The van der Waals surface area contributed by atoms with Gasteiger partial charge in [-0.05, 0) is 24.7 Å². The van der Waals surface area contributed by atoms with Gasteiger partial charge in [0.05, 0.1) is 0 Å². The highest BCUT2D eigenvalue weighted by molar-refractivity contribution is 6.17. The minimum Gasteiger partial charge on any atom is -0.385 e. The summed E-state index contributed by atoms with van der Waals surface area (Å²) in [7, 11) is 1.70. The molecular formula is C12H24ClNO2. The third-order valence-corrected chi connectivity index (χ3v) is 2.80. The van der Waals surface area contributed by atoms with Crippen molar-refractivity contribution in [2.45, 2.75) is 39.5 Å². The van der Waals surface area contributed by atoms with Crippen LogP contribution in [-0.4, -0.2) is 32.0 Å². The van der Waals surface area contributed by atoms with Crippen LogP contribution in [0.3, 0.4) is 0 Å². The average Bonchev–Trinajstić information content (AvgIpc) is 2.24. The molecule has 0 aliphatic heterocycles. The van der Waals surface area contributed by atoms with Crippen LogP contribution in [0.4, 0.5) is 0 Å². The Morgan fingerprint density at radius 1 is 1.38 bits per heavy atom. The fraction of sp³-hybridized carbons (Fsp3) is 0.917. The van der Waals surface area contributed by atoms with Crippen molar-refractivity contribution in [2.24, 2.45) is 5.41 Å². The van der Waals surface area contributed by atoms with Gasteiger partial charge >= 0.3 is 0 Å². The Balaban J connectivity index is 3.64. The lowest BCUT2D eigenvalue weighted by molar-refractivity contribution is -0.121. The van der Waals surface area contributed by atoms with Crippen molar-refractivity contribution in [1.29, 1.82) is 0 Å². The number of hydrogen-bond acceptors (Lipinski definition) is 2. The Hall–Kier alpha value is -0.280. The topological polar surface area (TPSA) is 38.3 Å². The maximum Gasteiger partial charge on any atom is 0.220 e. The Labute approximate surface area is 104 Å². The maximum atomic E-state index is 11.5. The van der Waals surface area contributed by atoms with Crippen LogP contribution < -0.4 is 5.32 Å². The zero-order valence-corrected chi connectivity index (χ0v) is 11.4. The van der Waals surface area contributed by atoms with Crippen LogP contribution in [0, 0.1) is 5.41 Å². The summed E-state index contributed by atoms with van der Waals surface area (Å²) < 4.78 is 5.04. The molecule has 0 bridgehead atoms. The molecule has 0 saturated heterocycles. The quantitative estimate of drug-likeness (QED) is 0.504. The van der Waals surface area contributed by atoms with Gasteiger partial charge in [-0.15, -0.1) is 11.6 Å². The van der Waals surface area contributed by atoms with Gasteiger partial charge in [-0.3, -0.25) is 4.79 Å². The number of hydrogen-bond donors (Lipinski definition) is 1. The van der Waals surface area contributed by atoms with E-state index in [2.05, 4.69) is 19.2 Å². The number of halogens is 1. The van der Waals surface area contributed by atoms with E-state index in [1.807, 2.05) is 0 Å². The molecule has 0 unspecified atom stereocenters. The van der Waals surface area contributed by atoms with Crippen molar-refractivity contribution >= 4 is 17.5 Å². The summed E-state index contributed by atoms with van der Waals surface area (Å²) in [4.78, 5) is 11.5. The molecule has 0 radical (unpaired) electrons. The number of methoxy groups -OCH3 is 1. The van der Waals surface area contributed by atoms with Crippen LogP contribution >= 0.6 is 11.6 Å². The summed E-state index contributed by atoms with van der Waals surface area (Å²) in [5, 5.41) is 2.95. The molecule has 0 saturated carbocycles. The lowest BCUT2D eigenvalue weighted by atomic mass is 9.89. The molecule has 0 aromatic rings. The van der Waals surface area contributed by atoms with Crippen molar-refractivity contribution < 1.29 is 9.53 Å². The van der Waals surface area contributed by atoms with Gasteiger partial charge in [0, 0.05) is 32.6 Å². The van der Waals surface area contributed by atoms with Gasteiger partial charge in [-0.25, -0.2) is 0 Å². The number of alkyl halides is 1. The van der Waals surface area contributed by atoms with E-state index in [1.165, 1.54) is 0 Å². The SMILES string of the molecule is COCCC(C)(C)CNC(=O)CCCCCl. The molecular weight excluding hydrogens is 226 g/mol. The third-order valence-electron chi connectivity index (χ3n) is 2.53. The summed E-state index contributed by atoms with van der Waals surface area (Å²) in [5.41, 5.74) is 0.0954. The molecule has 0 aromatic heterocycles. The standard InChI is InChI=1S/C12H24ClNO2/c1-12(2,7-9-16-3)10-14-11(15)6-4-5-8-13/h4-10H2,1-3H3,(H,14,15). The van der Waals surface area contributed by atoms with Crippen molar-refractivity contribution in [1.82, 2.24) is 5.32 Å². The number of ether oxygens (including phenoxy) is 1. The zero-order valence-electron chi connectivity index (χ0n) is 10.6. The number of nitrogens with one attached hydrogen (secondary N) is 1. The lowest BCUT2D eigenvalue weighted by Gasteiger charge is -2.24. The monoisotopic (exact) mass is 249 g/mol. The van der Waals surface area contributed by atoms with Crippen LogP contribution in [0.25, 0.3) is 0 Å². The van der Waals surface area contributed by atoms with E-state index in [1.54, 1.807) is 7.11 Å². The van der Waals surface area contributed by atoms with E-state index < -0.39 is 0 Å². The lowest BCUT2D eigenvalue weighted by Crippen LogP contribution is -2.34. The van der Waals surface area contributed by atoms with E-state index in [0.29, 0.717) is 18.8 Å². The molecule has 3 nitrogen and oxygen atoms in total. The first-order valence-electron chi connectivity index (χ1n) is 5.83. The molecule has 4 heteroatoms. The van der Waals surface area contributed by atoms with Gasteiger partial charge in [0.15, 0.2) is 0 Å². The van der Waals surface area contributed by atoms with E-state index in [-0.39, 0.29) is 11.3 Å². The van der Waals surface area contributed by atoms with Gasteiger partial charge < -0.3 is 10.1 Å². The molecule has 0 rings (SSSR count). The number of rotatable bonds is 9. The molecule has 0 heterocycles. The first kappa shape index (κ1) is 15.7. The fourth-order valence-corrected chi connectivity index (χ4v) is 1.46. The number of carbonyl (C=O) groups excluding carboxylic acids is 1. The van der Waals surface area contributed by atoms with Crippen LogP contribution in [-0.2, 0) is 9.53 Å². The van der Waals surface area contributed by atoms with E-state index in [0.717, 1.165) is 25.9 Å². The van der Waals surface area contributed by atoms with Crippen molar-refractivity contribution in [2.75, 3.05) is 26.1 Å². The Kier molecular flexibility index (Phi) is 8.67. The van der Waals surface area contributed by atoms with E-state index in [4.69, 9.17) is 16.3 Å². The Morgan fingerprint density at radius 2 is 2.06 bits per heavy atom. The second-order valence-electron chi connectivity index (χ2n) is 4.83. The van der Waals surface area contributed by atoms with Crippen LogP contribution in [0.15, 0.2) is 0 Å². The molecule has 1 N–H and O–H groups in total. The van der Waals surface area contributed by atoms with Gasteiger partial charge in [-0.1, -0.05) is 13.8 Å². The van der Waals surface area contributed by atoms with E-state index >= 15 is 0 Å². The maximum absolute atomic E-state index is 11.5. The highest BCUT2D eigenvalue weighted by Crippen LogP contribution is 2.18. The summed E-state index contributed by atoms with van der Waals surface area (Å²) in [5.74, 6) is 0.752. The number of carbonyl (C=O) groups is 1. The van der Waals surface area contributed by atoms with Gasteiger partial charge in [0.25, 0.3) is 0 Å². The molecule has 0 atom stereocenters. The van der Waals surface area contributed by atoms with Crippen LogP contribution in [0.5, 0.6) is 0 Å². The van der Waals surface area contributed by atoms with Crippen molar-refractivity contribution in [3.8, 4) is 0 Å². The second-order valence-corrected chi connectivity index (χ2v) is 5.21. The van der Waals surface area contributed by atoms with Gasteiger partial charge in [0.2, 0.25) is 5.91 Å². The van der Waals surface area contributed by atoms with Crippen molar-refractivity contribution in [3.05, 3.63) is 0 Å². The van der Waals surface area contributed by atoms with Crippen LogP contribution in [0.1, 0.15) is 39.5 Å². The number of unbranched alkanes of at least 4 members (excludes halogenated alkanes) is 1. The van der Waals surface area contributed by atoms with Gasteiger partial charge in [0.1, 0.15) is 0 Å². The van der Waals surface area contributed by atoms with Crippen LogP contribution in [0.2, 0.25) is 0 Å². The van der Waals surface area contributed by atoms with Crippen molar-refractivity contribution in [3.63, 3.8) is 0 Å². The molecule has 16 heavy (non-hydrogen) atoms. The first-order chi connectivity index (χ1) is 7.52. The normalized spacial score (nSPS) is 11.5. The molecule has 0 spiro atoms. The summed E-state index contributed by atoms with van der Waals surface area (Å²) in [6.07, 6.45) is 3.30. The highest BCUT2D eigenvalue weighted by atomic mass is 35.5. The smallest absolute Gasteiger partial charge is 0.220 e. The third kappa shape index (κ3) is 8.98. The Bertz CT molecular complexity index is 195. The molecule has 0 aromatic carbocycles. The minimum atomic E-state index is 0.0954. The highest BCUT2D eigenvalue weighted by Gasteiger charge is 2.18. The predicted octanol–water partition coefficient (Wildman–Crippen LogP) is 2.57. The largest absolute Gasteiger partial charge is 0.385 e. The summed E-state index contributed by atoms with van der Waals surface area (Å²) in [6, 6.07) is 0. The first-order valence-corrected chi connectivity index (χ1v) is 6.37. The molecule has 0 aliphatic carbocycles. The average molecular weight is 250 g/mol. The zero-order chi connectivity index (χ0) is 12.4. The minimum absolute atomic E-state index is 0.0954. The molecule has 0 fully saturated rings. The number of amides is 1. The van der Waals surface area contributed by atoms with E-state index in [9.17, 15) is 4.79 Å². The van der Waals surface area contributed by atoms with Gasteiger partial charge in [-0.2, -0.15) is 0 Å². The Morgan fingerprint density at radius 3 is 2.62 bits per heavy atom. The molecule has 1 amide bonds. The molecule has 0 aliphatic rings. The second kappa shape index (κ2) is 8.82. The fourth-order valence-electron chi connectivity index (χ4n) is 1.27. The summed E-state index contributed by atoms with van der Waals surface area (Å²) >= 11 is 5.55.